The van der Waals surface area contributed by atoms with E-state index in [1.165, 1.54) is 0 Å². The van der Waals surface area contributed by atoms with E-state index in [0.29, 0.717) is 17.1 Å². The van der Waals surface area contributed by atoms with Crippen molar-refractivity contribution >= 4 is 22.9 Å². The molecular formula is C22H21N5O3. The van der Waals surface area contributed by atoms with Crippen molar-refractivity contribution in [3.8, 4) is 22.8 Å². The van der Waals surface area contributed by atoms with E-state index in [1.54, 1.807) is 16.8 Å². The first-order chi connectivity index (χ1) is 14.3. The molecule has 0 aliphatic carbocycles. The zero-order valence-corrected chi connectivity index (χ0v) is 16.8. The molecule has 30 heavy (non-hydrogen) atoms. The molecule has 0 bridgehead atoms. The van der Waals surface area contributed by atoms with Crippen molar-refractivity contribution < 1.29 is 15.0 Å². The monoisotopic (exact) mass is 403 g/mol. The summed E-state index contributed by atoms with van der Waals surface area (Å²) in [6.07, 6.45) is 0.512. The summed E-state index contributed by atoms with van der Waals surface area (Å²) in [4.78, 5) is 15.8. The highest BCUT2D eigenvalue weighted by molar-refractivity contribution is 5.90. The Bertz CT molecular complexity index is 1260. The van der Waals surface area contributed by atoms with Gasteiger partial charge in [0.1, 0.15) is 5.75 Å². The lowest BCUT2D eigenvalue weighted by atomic mass is 10.00. The molecule has 2 aromatic carbocycles. The predicted molar refractivity (Wildman–Crippen MR) is 114 cm³/mol. The summed E-state index contributed by atoms with van der Waals surface area (Å²) in [5.74, 6) is 0.625. The molecule has 0 aliphatic heterocycles. The molecule has 0 spiro atoms. The SMILES string of the molecule is Cc1cnc2cccc(-n3c(NC(=O)O)nnc3-c3cc(C(C)C)ccc3O)c2c1. The zero-order chi connectivity index (χ0) is 21.4. The van der Waals surface area contributed by atoms with E-state index in [4.69, 9.17) is 0 Å². The van der Waals surface area contributed by atoms with Crippen molar-refractivity contribution in [3.05, 3.63) is 59.8 Å². The third kappa shape index (κ3) is 3.43. The molecule has 1 amide bonds. The van der Waals surface area contributed by atoms with E-state index in [-0.39, 0.29) is 17.6 Å². The van der Waals surface area contributed by atoms with Crippen molar-refractivity contribution in [2.75, 3.05) is 5.32 Å². The molecule has 4 aromatic rings. The van der Waals surface area contributed by atoms with Crippen LogP contribution in [0.25, 0.3) is 28.0 Å². The van der Waals surface area contributed by atoms with Gasteiger partial charge in [-0.2, -0.15) is 0 Å². The largest absolute Gasteiger partial charge is 0.507 e. The Morgan fingerprint density at radius 1 is 1.13 bits per heavy atom. The number of nitrogens with one attached hydrogen (secondary N) is 1. The average Bonchev–Trinajstić information content (AvgIpc) is 3.10. The number of benzene rings is 2. The Hall–Kier alpha value is -3.94. The van der Waals surface area contributed by atoms with Gasteiger partial charge in [-0.1, -0.05) is 26.0 Å². The van der Waals surface area contributed by atoms with Gasteiger partial charge in [-0.05, 0) is 54.3 Å². The summed E-state index contributed by atoms with van der Waals surface area (Å²) in [6.45, 7) is 6.04. The first kappa shape index (κ1) is 19.4. The van der Waals surface area contributed by atoms with Crippen molar-refractivity contribution in [3.63, 3.8) is 0 Å². The van der Waals surface area contributed by atoms with Gasteiger partial charge < -0.3 is 10.2 Å². The van der Waals surface area contributed by atoms with Crippen LogP contribution in [0.4, 0.5) is 10.7 Å². The van der Waals surface area contributed by atoms with E-state index >= 15 is 0 Å². The van der Waals surface area contributed by atoms with Crippen LogP contribution in [0.2, 0.25) is 0 Å². The van der Waals surface area contributed by atoms with Gasteiger partial charge in [0.15, 0.2) is 5.82 Å². The molecule has 0 fully saturated rings. The molecule has 0 atom stereocenters. The molecular weight excluding hydrogens is 382 g/mol. The number of aryl methyl sites for hydroxylation is 1. The van der Waals surface area contributed by atoms with Crippen LogP contribution in [-0.2, 0) is 0 Å². The summed E-state index contributed by atoms with van der Waals surface area (Å²) in [5, 5.41) is 31.2. The van der Waals surface area contributed by atoms with Crippen molar-refractivity contribution in [1.29, 1.82) is 0 Å². The van der Waals surface area contributed by atoms with Gasteiger partial charge in [0, 0.05) is 11.6 Å². The van der Waals surface area contributed by atoms with Gasteiger partial charge in [-0.25, -0.2) is 4.79 Å². The third-order valence-corrected chi connectivity index (χ3v) is 4.89. The fraction of sp³-hybridized carbons (Fsp3) is 0.182. The number of hydrogen-bond acceptors (Lipinski definition) is 5. The number of phenolic OH excluding ortho intramolecular Hbond substituents is 1. The minimum atomic E-state index is -1.26. The number of nitrogens with zero attached hydrogens (tertiary/aromatic N) is 4. The van der Waals surface area contributed by atoms with Crippen LogP contribution in [0.1, 0.15) is 30.9 Å². The minimum absolute atomic E-state index is 0.0286. The van der Waals surface area contributed by atoms with Crippen LogP contribution in [0.15, 0.2) is 48.7 Å². The zero-order valence-electron chi connectivity index (χ0n) is 16.8. The van der Waals surface area contributed by atoms with Crippen LogP contribution in [0.5, 0.6) is 5.75 Å². The maximum Gasteiger partial charge on any atom is 0.411 e. The van der Waals surface area contributed by atoms with E-state index in [1.807, 2.05) is 43.3 Å². The number of amides is 1. The minimum Gasteiger partial charge on any atom is -0.507 e. The number of anilines is 1. The van der Waals surface area contributed by atoms with Crippen molar-refractivity contribution in [2.45, 2.75) is 26.7 Å². The van der Waals surface area contributed by atoms with Gasteiger partial charge in [-0.3, -0.25) is 14.9 Å². The molecule has 8 nitrogen and oxygen atoms in total. The molecule has 4 rings (SSSR count). The number of carbonyl (C=O) groups is 1. The molecule has 8 heteroatoms. The second-order valence-electron chi connectivity index (χ2n) is 7.40. The van der Waals surface area contributed by atoms with Gasteiger partial charge in [-0.15, -0.1) is 10.2 Å². The number of carboxylic acid groups (broad SMARTS) is 1. The molecule has 0 radical (unpaired) electrons. The molecule has 2 heterocycles. The van der Waals surface area contributed by atoms with E-state index in [0.717, 1.165) is 22.0 Å². The molecule has 0 aliphatic rings. The highest BCUT2D eigenvalue weighted by Gasteiger charge is 2.22. The number of pyridine rings is 1. The Morgan fingerprint density at radius 3 is 2.67 bits per heavy atom. The molecule has 2 aromatic heterocycles. The van der Waals surface area contributed by atoms with Gasteiger partial charge in [0.2, 0.25) is 5.95 Å². The summed E-state index contributed by atoms with van der Waals surface area (Å²) >= 11 is 0. The fourth-order valence-corrected chi connectivity index (χ4v) is 3.39. The molecule has 152 valence electrons. The summed E-state index contributed by atoms with van der Waals surface area (Å²) in [7, 11) is 0. The first-order valence-electron chi connectivity index (χ1n) is 9.49. The Balaban J connectivity index is 2.03. The molecule has 0 saturated carbocycles. The number of aromatic hydroxyl groups is 1. The van der Waals surface area contributed by atoms with Crippen LogP contribution >= 0.6 is 0 Å². The number of rotatable bonds is 4. The average molecular weight is 403 g/mol. The third-order valence-electron chi connectivity index (χ3n) is 4.89. The molecule has 0 unspecified atom stereocenters. The van der Waals surface area contributed by atoms with Gasteiger partial charge >= 0.3 is 6.09 Å². The Kier molecular flexibility index (Phi) is 4.83. The second kappa shape index (κ2) is 7.47. The highest BCUT2D eigenvalue weighted by Crippen LogP contribution is 2.35. The topological polar surface area (TPSA) is 113 Å². The standard InChI is InChI=1S/C22H21N5O3/c1-12(2)14-7-8-19(28)16(10-14)20-25-26-21(24-22(29)30)27(20)18-6-4-5-17-15(18)9-13(3)11-23-17/h4-12,28H,1-3H3,(H,24,26)(H,29,30). The number of aromatic nitrogens is 4. The van der Waals surface area contributed by atoms with Crippen LogP contribution in [0, 0.1) is 6.92 Å². The fourth-order valence-electron chi connectivity index (χ4n) is 3.39. The number of fused-ring (bicyclic) bond motifs is 1. The van der Waals surface area contributed by atoms with E-state index < -0.39 is 6.09 Å². The summed E-state index contributed by atoms with van der Waals surface area (Å²) in [6, 6.07) is 12.8. The number of phenols is 1. The molecule has 3 N–H and O–H groups in total. The lowest BCUT2D eigenvalue weighted by molar-refractivity contribution is 0.209. The maximum absolute atomic E-state index is 11.4. The lowest BCUT2D eigenvalue weighted by Crippen LogP contribution is -2.13. The highest BCUT2D eigenvalue weighted by atomic mass is 16.4. The van der Waals surface area contributed by atoms with Crippen molar-refractivity contribution in [1.82, 2.24) is 19.7 Å². The first-order valence-corrected chi connectivity index (χ1v) is 9.49. The predicted octanol–water partition coefficient (Wildman–Crippen LogP) is 4.71. The van der Waals surface area contributed by atoms with Crippen LogP contribution < -0.4 is 5.32 Å². The van der Waals surface area contributed by atoms with Crippen molar-refractivity contribution in [2.24, 2.45) is 0 Å². The number of hydrogen-bond donors (Lipinski definition) is 3. The maximum atomic E-state index is 11.4. The van der Waals surface area contributed by atoms with Crippen LogP contribution in [0.3, 0.4) is 0 Å². The Labute approximate surface area is 172 Å². The van der Waals surface area contributed by atoms with Crippen LogP contribution in [-0.4, -0.2) is 36.1 Å². The Morgan fingerprint density at radius 2 is 1.93 bits per heavy atom. The normalized spacial score (nSPS) is 11.2. The van der Waals surface area contributed by atoms with Gasteiger partial charge in [0.25, 0.3) is 0 Å². The molecule has 0 saturated heterocycles. The quantitative estimate of drug-likeness (QED) is 0.455. The lowest BCUT2D eigenvalue weighted by Gasteiger charge is -2.15. The second-order valence-corrected chi connectivity index (χ2v) is 7.40. The van der Waals surface area contributed by atoms with E-state index in [2.05, 4.69) is 34.3 Å². The smallest absolute Gasteiger partial charge is 0.411 e. The van der Waals surface area contributed by atoms with E-state index in [9.17, 15) is 15.0 Å². The summed E-state index contributed by atoms with van der Waals surface area (Å²) in [5.41, 5.74) is 3.84. The summed E-state index contributed by atoms with van der Waals surface area (Å²) < 4.78 is 1.59. The van der Waals surface area contributed by atoms with Gasteiger partial charge in [0.05, 0.1) is 16.8 Å².